The SMILES string of the molecule is CCO[C@H](CCNC(=O)N1CCC[C@H]2CN(C)CC[C@H]21)C(C)C. The van der Waals surface area contributed by atoms with Crippen molar-refractivity contribution < 1.29 is 9.53 Å². The Hall–Kier alpha value is -0.810. The molecule has 0 aliphatic carbocycles. The van der Waals surface area contributed by atoms with E-state index >= 15 is 0 Å². The second-order valence-electron chi connectivity index (χ2n) is 7.47. The van der Waals surface area contributed by atoms with Gasteiger partial charge in [0.05, 0.1) is 6.10 Å². The second-order valence-corrected chi connectivity index (χ2v) is 7.47. The van der Waals surface area contributed by atoms with Gasteiger partial charge in [0.2, 0.25) is 0 Å². The van der Waals surface area contributed by atoms with Crippen LogP contribution in [0.25, 0.3) is 0 Å². The highest BCUT2D eigenvalue weighted by atomic mass is 16.5. The number of carbonyl (C=O) groups is 1. The molecule has 0 aromatic heterocycles. The molecule has 0 spiro atoms. The van der Waals surface area contributed by atoms with Gasteiger partial charge >= 0.3 is 6.03 Å². The van der Waals surface area contributed by atoms with Crippen LogP contribution in [-0.4, -0.2) is 67.8 Å². The third-order valence-corrected chi connectivity index (χ3v) is 5.36. The molecule has 0 aromatic carbocycles. The molecule has 0 unspecified atom stereocenters. The van der Waals surface area contributed by atoms with Crippen molar-refractivity contribution in [2.24, 2.45) is 11.8 Å². The van der Waals surface area contributed by atoms with Gasteiger partial charge in [0.15, 0.2) is 0 Å². The molecule has 2 aliphatic rings. The van der Waals surface area contributed by atoms with E-state index in [-0.39, 0.29) is 12.1 Å². The summed E-state index contributed by atoms with van der Waals surface area (Å²) in [5, 5.41) is 3.13. The Bertz CT molecular complexity index is 375. The van der Waals surface area contributed by atoms with E-state index in [1.165, 1.54) is 6.42 Å². The lowest BCUT2D eigenvalue weighted by atomic mass is 9.84. The van der Waals surface area contributed by atoms with Crippen molar-refractivity contribution >= 4 is 6.03 Å². The van der Waals surface area contributed by atoms with E-state index < -0.39 is 0 Å². The quantitative estimate of drug-likeness (QED) is 0.816. The normalized spacial score (nSPS) is 26.9. The van der Waals surface area contributed by atoms with Gasteiger partial charge in [0.25, 0.3) is 0 Å². The van der Waals surface area contributed by atoms with Gasteiger partial charge in [-0.05, 0) is 58.0 Å². The molecule has 2 heterocycles. The van der Waals surface area contributed by atoms with Crippen molar-refractivity contribution in [2.45, 2.75) is 58.6 Å². The minimum atomic E-state index is 0.128. The molecule has 1 N–H and O–H groups in total. The molecule has 2 amide bonds. The van der Waals surface area contributed by atoms with Crippen molar-refractivity contribution in [2.75, 3.05) is 39.8 Å². The largest absolute Gasteiger partial charge is 0.378 e. The molecule has 3 atom stereocenters. The molecule has 2 rings (SSSR count). The third-order valence-electron chi connectivity index (χ3n) is 5.36. The number of piperidine rings is 2. The number of ether oxygens (including phenoxy) is 1. The van der Waals surface area contributed by atoms with Crippen molar-refractivity contribution in [3.63, 3.8) is 0 Å². The Morgan fingerprint density at radius 3 is 2.78 bits per heavy atom. The van der Waals surface area contributed by atoms with Crippen LogP contribution < -0.4 is 5.32 Å². The van der Waals surface area contributed by atoms with Gasteiger partial charge in [-0.2, -0.15) is 0 Å². The third kappa shape index (κ3) is 5.08. The Kier molecular flexibility index (Phi) is 7.15. The van der Waals surface area contributed by atoms with Crippen LogP contribution in [0.2, 0.25) is 0 Å². The number of nitrogens with zero attached hydrogens (tertiary/aromatic N) is 2. The van der Waals surface area contributed by atoms with Crippen LogP contribution in [0.1, 0.15) is 46.5 Å². The average molecular weight is 325 g/mol. The van der Waals surface area contributed by atoms with Gasteiger partial charge in [-0.15, -0.1) is 0 Å². The van der Waals surface area contributed by atoms with E-state index in [1.54, 1.807) is 0 Å². The monoisotopic (exact) mass is 325 g/mol. The topological polar surface area (TPSA) is 44.8 Å². The standard InChI is InChI=1S/C18H35N3O2/c1-5-23-17(14(2)3)8-10-19-18(22)21-11-6-7-15-13-20(4)12-9-16(15)21/h14-17H,5-13H2,1-4H3,(H,19,22)/t15-,16+,17+/m0/s1. The zero-order valence-corrected chi connectivity index (χ0v) is 15.4. The van der Waals surface area contributed by atoms with E-state index in [0.717, 1.165) is 45.5 Å². The predicted molar refractivity (Wildman–Crippen MR) is 93.6 cm³/mol. The van der Waals surface area contributed by atoms with Crippen LogP contribution in [-0.2, 0) is 4.74 Å². The number of amides is 2. The second kappa shape index (κ2) is 8.88. The van der Waals surface area contributed by atoms with Crippen molar-refractivity contribution in [3.8, 4) is 0 Å². The maximum Gasteiger partial charge on any atom is 0.317 e. The molecule has 0 bridgehead atoms. The van der Waals surface area contributed by atoms with Crippen molar-refractivity contribution in [1.29, 1.82) is 0 Å². The molecular weight excluding hydrogens is 290 g/mol. The highest BCUT2D eigenvalue weighted by Crippen LogP contribution is 2.30. The first kappa shape index (κ1) is 18.5. The average Bonchev–Trinajstić information content (AvgIpc) is 2.52. The minimum absolute atomic E-state index is 0.128. The molecule has 2 aliphatic heterocycles. The lowest BCUT2D eigenvalue weighted by molar-refractivity contribution is 0.0242. The molecule has 2 fully saturated rings. The van der Waals surface area contributed by atoms with Crippen LogP contribution in [0.3, 0.4) is 0 Å². The van der Waals surface area contributed by atoms with Gasteiger partial charge in [-0.1, -0.05) is 13.8 Å². The Labute approximate surface area is 141 Å². The van der Waals surface area contributed by atoms with Crippen LogP contribution in [0, 0.1) is 11.8 Å². The Morgan fingerprint density at radius 1 is 1.30 bits per heavy atom. The smallest absolute Gasteiger partial charge is 0.317 e. The summed E-state index contributed by atoms with van der Waals surface area (Å²) in [6.07, 6.45) is 4.64. The molecule has 2 saturated heterocycles. The lowest BCUT2D eigenvalue weighted by Crippen LogP contribution is -2.57. The van der Waals surface area contributed by atoms with Crippen molar-refractivity contribution in [1.82, 2.24) is 15.1 Å². The van der Waals surface area contributed by atoms with Crippen LogP contribution in [0.4, 0.5) is 4.79 Å². The van der Waals surface area contributed by atoms with E-state index in [2.05, 4.69) is 36.0 Å². The molecule has 0 radical (unpaired) electrons. The molecule has 5 nitrogen and oxygen atoms in total. The fourth-order valence-electron chi connectivity index (χ4n) is 4.08. The van der Waals surface area contributed by atoms with Crippen LogP contribution >= 0.6 is 0 Å². The highest BCUT2D eigenvalue weighted by molar-refractivity contribution is 5.74. The van der Waals surface area contributed by atoms with E-state index in [9.17, 15) is 4.79 Å². The van der Waals surface area contributed by atoms with Crippen LogP contribution in [0.15, 0.2) is 0 Å². The summed E-state index contributed by atoms with van der Waals surface area (Å²) in [5.41, 5.74) is 0. The van der Waals surface area contributed by atoms with E-state index in [1.807, 2.05) is 6.92 Å². The first-order chi connectivity index (χ1) is 11.0. The molecule has 5 heteroatoms. The number of carbonyl (C=O) groups excluding carboxylic acids is 1. The van der Waals surface area contributed by atoms with Crippen molar-refractivity contribution in [3.05, 3.63) is 0 Å². The van der Waals surface area contributed by atoms with E-state index in [4.69, 9.17) is 4.74 Å². The zero-order chi connectivity index (χ0) is 16.8. The molecule has 134 valence electrons. The Morgan fingerprint density at radius 2 is 2.09 bits per heavy atom. The number of likely N-dealkylation sites (tertiary alicyclic amines) is 2. The van der Waals surface area contributed by atoms with Gasteiger partial charge in [0.1, 0.15) is 0 Å². The fourth-order valence-corrected chi connectivity index (χ4v) is 4.08. The number of fused-ring (bicyclic) bond motifs is 1. The Balaban J connectivity index is 1.80. The summed E-state index contributed by atoms with van der Waals surface area (Å²) in [5.74, 6) is 1.14. The van der Waals surface area contributed by atoms with Gasteiger partial charge < -0.3 is 19.9 Å². The first-order valence-corrected chi connectivity index (χ1v) is 9.37. The number of hydrogen-bond acceptors (Lipinski definition) is 3. The zero-order valence-electron chi connectivity index (χ0n) is 15.4. The van der Waals surface area contributed by atoms with Crippen LogP contribution in [0.5, 0.6) is 0 Å². The maximum atomic E-state index is 12.6. The van der Waals surface area contributed by atoms with Gasteiger partial charge in [-0.3, -0.25) is 0 Å². The molecule has 0 saturated carbocycles. The summed E-state index contributed by atoms with van der Waals surface area (Å²) in [4.78, 5) is 17.1. The molecule has 0 aromatic rings. The minimum Gasteiger partial charge on any atom is -0.378 e. The lowest BCUT2D eigenvalue weighted by Gasteiger charge is -2.46. The maximum absolute atomic E-state index is 12.6. The summed E-state index contributed by atoms with van der Waals surface area (Å²) < 4.78 is 5.76. The predicted octanol–water partition coefficient (Wildman–Crippen LogP) is 2.56. The number of hydrogen-bond donors (Lipinski definition) is 1. The summed E-state index contributed by atoms with van der Waals surface area (Å²) >= 11 is 0. The number of rotatable bonds is 6. The fraction of sp³-hybridized carbons (Fsp3) is 0.944. The number of urea groups is 1. The molecule has 23 heavy (non-hydrogen) atoms. The summed E-state index contributed by atoms with van der Waals surface area (Å²) in [7, 11) is 2.19. The molecular formula is C18H35N3O2. The van der Waals surface area contributed by atoms with Gasteiger partial charge in [0, 0.05) is 32.3 Å². The van der Waals surface area contributed by atoms with E-state index in [0.29, 0.717) is 24.4 Å². The number of nitrogens with one attached hydrogen (secondary N) is 1. The van der Waals surface area contributed by atoms with Gasteiger partial charge in [-0.25, -0.2) is 4.79 Å². The highest BCUT2D eigenvalue weighted by Gasteiger charge is 2.37. The first-order valence-electron chi connectivity index (χ1n) is 9.37. The summed E-state index contributed by atoms with van der Waals surface area (Å²) in [6, 6.07) is 0.566. The summed E-state index contributed by atoms with van der Waals surface area (Å²) in [6.45, 7) is 11.0.